The Morgan fingerprint density at radius 2 is 0.613 bits per heavy atom. The molecule has 4 rings (SSSR count). The van der Waals surface area contributed by atoms with E-state index in [1.807, 2.05) is 0 Å². The maximum atomic E-state index is 7.01. The molecule has 38 heteroatoms. The summed E-state index contributed by atoms with van der Waals surface area (Å²) in [5.74, 6) is 0. The molecule has 0 spiro atoms. The summed E-state index contributed by atoms with van der Waals surface area (Å²) in [7, 11) is -28.6. The molecule has 9 unspecified atom stereocenters. The van der Waals surface area contributed by atoms with Crippen molar-refractivity contribution in [1.29, 1.82) is 0 Å². The molecule has 0 aliphatic carbocycles. The number of hydrogen-bond donors (Lipinski definition) is 6. The summed E-state index contributed by atoms with van der Waals surface area (Å²) in [4.78, 5) is 0. The van der Waals surface area contributed by atoms with Crippen molar-refractivity contribution in [3.05, 3.63) is 0 Å². The number of rotatable bonds is 21. The Bertz CT molecular complexity index is 1940. The molecule has 4 heterocycles. The van der Waals surface area contributed by atoms with Gasteiger partial charge in [-0.15, -0.1) is 0 Å². The normalized spacial score (nSPS) is 35.5. The molecule has 4 saturated heterocycles. The molecule has 0 saturated carbocycles. The first-order chi connectivity index (χ1) is 43.5. The van der Waals surface area contributed by atoms with E-state index in [1.165, 1.54) is 37.0 Å². The molecule has 0 radical (unpaired) electrons. The van der Waals surface area contributed by atoms with Gasteiger partial charge in [0.2, 0.25) is 0 Å². The third-order valence-electron chi connectivity index (χ3n) is 18.0. The van der Waals surface area contributed by atoms with Crippen molar-refractivity contribution in [2.45, 2.75) is 287 Å². The summed E-state index contributed by atoms with van der Waals surface area (Å²) in [6.45, 7) is 47.5. The lowest BCUT2D eigenvalue weighted by molar-refractivity contribution is 0.208. The van der Waals surface area contributed by atoms with Gasteiger partial charge in [-0.25, -0.2) is 0 Å². The fraction of sp³-hybridized carbons (Fsp3) is 1.00. The second kappa shape index (κ2) is 47.8. The van der Waals surface area contributed by atoms with Crippen molar-refractivity contribution in [3.63, 3.8) is 0 Å². The second-order valence-electron chi connectivity index (χ2n) is 29.5. The maximum Gasteiger partial charge on any atom is 0.326 e. The molecule has 0 amide bonds. The zero-order valence-electron chi connectivity index (χ0n) is 63.0. The van der Waals surface area contributed by atoms with Crippen molar-refractivity contribution < 1.29 is 67.1 Å². The van der Waals surface area contributed by atoms with Gasteiger partial charge in [-0.3, -0.25) is 0 Å². The van der Waals surface area contributed by atoms with Crippen LogP contribution in [0, 0.1) is 0 Å². The Labute approximate surface area is 592 Å². The van der Waals surface area contributed by atoms with Crippen LogP contribution in [0.5, 0.6) is 0 Å². The molecule has 9 atom stereocenters. The quantitative estimate of drug-likeness (QED) is 0.0583. The third-order valence-corrected chi connectivity index (χ3v) is 78.8. The van der Waals surface area contributed by atoms with E-state index >= 15 is 0 Å². The van der Waals surface area contributed by atoms with Gasteiger partial charge in [-0.2, -0.15) is 0 Å². The lowest BCUT2D eigenvalue weighted by Crippen LogP contribution is -2.60. The monoisotopic (exact) mass is 1600 g/mol. The molecule has 4 aliphatic heterocycles. The Kier molecular flexibility index (Phi) is 48.2. The maximum absolute atomic E-state index is 7.01. The number of hydrogen-bond acceptors (Lipinski definition) is 22. The van der Waals surface area contributed by atoms with Crippen LogP contribution in [0.15, 0.2) is 0 Å². The molecule has 0 aromatic heterocycles. The van der Waals surface area contributed by atoms with Crippen molar-refractivity contribution in [2.75, 3.05) is 65.7 Å². The topological polar surface area (TPSA) is 304 Å². The summed E-state index contributed by atoms with van der Waals surface area (Å²) in [5, 5.41) is 0. The summed E-state index contributed by atoms with van der Waals surface area (Å²) >= 11 is 0. The van der Waals surface area contributed by atoms with Gasteiger partial charge in [0.25, 0.3) is 40.0 Å². The standard InChI is InChI=1S/C18H46N2O4Si4.C16H42N2O4Si4.C11H31NO4Si4.C10H29NO4Si4/c1-7-25(3)16-10-9-15-21-27(5,17-11-13-19)23-26(4,8-2)24-28(6,22-25)18-12-14-20;1-23(2)14-8-7-13-19-25(5,15-9-11-17)21-24(3,4)22-26(6,20-23)16-10-12-18;1-4-19(2)10-6-5-9-13-17-15-20(3,11-7-8-12)16-18-14-19;1-18(2)9-5-4-8-12-16-14-19(3,10-6-7-11)15-17-13-18/h7-20H2,1-6H3;7-18H2,1-6H3;4-12,17-18H2,1-3H3;4-11,16-17H2,1-3H3. The first-order valence-corrected chi connectivity index (χ1v) is 73.2. The van der Waals surface area contributed by atoms with E-state index in [9.17, 15) is 0 Å². The van der Waals surface area contributed by atoms with Gasteiger partial charge in [0, 0.05) is 26.4 Å². The molecule has 93 heavy (non-hydrogen) atoms. The smallest absolute Gasteiger partial charge is 0.326 e. The number of nitrogens with two attached hydrogens (primary N) is 6. The lowest BCUT2D eigenvalue weighted by Gasteiger charge is -2.45. The minimum absolute atomic E-state index is 0.671. The Morgan fingerprint density at radius 3 is 1.04 bits per heavy atom. The van der Waals surface area contributed by atoms with Gasteiger partial charge in [0.05, 0.1) is 0 Å². The highest BCUT2D eigenvalue weighted by molar-refractivity contribution is 6.91. The van der Waals surface area contributed by atoms with Crippen LogP contribution in [-0.2, 0) is 67.1 Å². The highest BCUT2D eigenvalue weighted by Gasteiger charge is 2.51. The van der Waals surface area contributed by atoms with Crippen LogP contribution in [0.1, 0.15) is 111 Å². The summed E-state index contributed by atoms with van der Waals surface area (Å²) < 4.78 is 102. The zero-order valence-corrected chi connectivity index (χ0v) is 80.6. The van der Waals surface area contributed by atoms with Crippen molar-refractivity contribution in [2.24, 2.45) is 34.4 Å². The largest absolute Gasteiger partial charge is 0.441 e. The molecule has 0 aromatic rings. The lowest BCUT2D eigenvalue weighted by atomic mass is 10.4. The van der Waals surface area contributed by atoms with Crippen molar-refractivity contribution in [3.8, 4) is 0 Å². The highest BCUT2D eigenvalue weighted by Crippen LogP contribution is 2.36. The Hall–Kier alpha value is 2.59. The summed E-state index contributed by atoms with van der Waals surface area (Å²) in [6.07, 6.45) is 14.8. The molecule has 0 aromatic carbocycles. The van der Waals surface area contributed by atoms with Gasteiger partial charge in [-0.05, 0) is 280 Å². The van der Waals surface area contributed by atoms with Crippen LogP contribution in [0.3, 0.4) is 0 Å². The van der Waals surface area contributed by atoms with Crippen LogP contribution < -0.4 is 34.4 Å². The first kappa shape index (κ1) is 93.6. The van der Waals surface area contributed by atoms with E-state index in [4.69, 9.17) is 101 Å². The van der Waals surface area contributed by atoms with Gasteiger partial charge in [-0.1, -0.05) is 46.5 Å². The van der Waals surface area contributed by atoms with E-state index in [-0.39, 0.29) is 0 Å². The van der Waals surface area contributed by atoms with Gasteiger partial charge in [0.15, 0.2) is 33.3 Å². The first-order valence-electron chi connectivity index (χ1n) is 36.2. The molecular weight excluding hydrogens is 1450 g/mol. The van der Waals surface area contributed by atoms with E-state index in [0.717, 1.165) is 158 Å². The van der Waals surface area contributed by atoms with E-state index in [2.05, 4.69) is 119 Å². The minimum Gasteiger partial charge on any atom is -0.441 e. The minimum atomic E-state index is -2.42. The fourth-order valence-corrected chi connectivity index (χ4v) is 71.1. The van der Waals surface area contributed by atoms with Gasteiger partial charge >= 0.3 is 68.5 Å². The molecule has 22 nitrogen and oxygen atoms in total. The van der Waals surface area contributed by atoms with E-state index in [0.29, 0.717) is 39.3 Å². The average Bonchev–Trinajstić information content (AvgIpc) is 0.824. The fourth-order valence-electron chi connectivity index (χ4n) is 11.8. The predicted octanol–water partition coefficient (Wildman–Crippen LogP) is 9.30. The summed E-state index contributed by atoms with van der Waals surface area (Å²) in [6, 6.07) is 13.6. The third kappa shape index (κ3) is 42.8. The Morgan fingerprint density at radius 1 is 0.280 bits per heavy atom. The van der Waals surface area contributed by atoms with Crippen molar-refractivity contribution >= 4 is 142 Å². The second-order valence-corrected chi connectivity index (χ2v) is 82.3. The predicted molar refractivity (Wildman–Crippen MR) is 426 cm³/mol. The van der Waals surface area contributed by atoms with Gasteiger partial charge < -0.3 is 101 Å². The highest BCUT2D eigenvalue weighted by atomic mass is 28.5. The molecule has 0 bridgehead atoms. The van der Waals surface area contributed by atoms with E-state index < -0.39 is 142 Å². The average molecular weight is 1600 g/mol. The van der Waals surface area contributed by atoms with Gasteiger partial charge in [0.1, 0.15) is 0 Å². The van der Waals surface area contributed by atoms with Crippen LogP contribution >= 0.6 is 0 Å². The molecule has 12 N–H and O–H groups in total. The molecule has 4 aliphatic rings. The SMILES string of the molecule is CC[Si]1(C)CCCCO[SiH2]O[Si](C)(CCCN)O[SiH2]O1.CC[Si]1(C)CCCCO[Si](C)(CCCN)O[Si](C)(CC)O[Si](C)(CCCN)O1.C[Si]1(C)CCCCO[SiH2]O[Si](C)(CCCN)O[SiH2]O1.C[Si]1(C)CCCCO[Si](C)(CCCN)O[Si](C)(C)O[Si](C)(CCCN)O1. The zero-order chi connectivity index (χ0) is 70.3. The Balaban J connectivity index is 0.000000628. The van der Waals surface area contributed by atoms with Crippen LogP contribution in [0.25, 0.3) is 0 Å². The molecule has 4 fully saturated rings. The van der Waals surface area contributed by atoms with E-state index in [1.54, 1.807) is 0 Å². The molecule has 558 valence electrons. The van der Waals surface area contributed by atoms with Crippen LogP contribution in [-0.4, -0.2) is 207 Å². The van der Waals surface area contributed by atoms with Crippen LogP contribution in [0.4, 0.5) is 0 Å². The summed E-state index contributed by atoms with van der Waals surface area (Å²) in [5.41, 5.74) is 34.4. The molecular formula is C55H148N6O16Si16. The van der Waals surface area contributed by atoms with Crippen LogP contribution in [0.2, 0.25) is 177 Å². The van der Waals surface area contributed by atoms with Crippen molar-refractivity contribution in [1.82, 2.24) is 0 Å².